The highest BCUT2D eigenvalue weighted by Crippen LogP contribution is 2.24. The number of guanidine groups is 1. The van der Waals surface area contributed by atoms with Crippen molar-refractivity contribution in [2.45, 2.75) is 25.2 Å². The van der Waals surface area contributed by atoms with E-state index in [0.717, 1.165) is 24.8 Å². The average molecular weight is 508 g/mol. The first kappa shape index (κ1) is 22.8. The average Bonchev–Trinajstić information content (AvgIpc) is 2.94. The van der Waals surface area contributed by atoms with Gasteiger partial charge in [0, 0.05) is 18.3 Å². The third-order valence-electron chi connectivity index (χ3n) is 3.58. The Bertz CT molecular complexity index is 726. The molecule has 1 atom stereocenters. The van der Waals surface area contributed by atoms with E-state index in [9.17, 15) is 21.6 Å². The molecule has 0 bridgehead atoms. The van der Waals surface area contributed by atoms with E-state index >= 15 is 0 Å². The molecule has 0 aliphatic carbocycles. The molecular weight excluding hydrogens is 488 g/mol. The van der Waals surface area contributed by atoms with Gasteiger partial charge in [-0.25, -0.2) is 8.42 Å². The van der Waals surface area contributed by atoms with Crippen LogP contribution in [0.2, 0.25) is 0 Å². The number of rotatable bonds is 5. The number of nitrogens with one attached hydrogen (secondary N) is 1. The molecule has 3 N–H and O–H groups in total. The standard InChI is InChI=1S/C14H19F3N4O3S.HI/c1-25(22,23)21-8-2-3-11(21)9-19-13(18)20-10-4-6-12(7-5-10)24-14(15,16)17;/h4-7,11H,2-3,8-9H2,1H3,(H3,18,19,20);1H/t11-;/m1./s1. The van der Waals surface area contributed by atoms with Gasteiger partial charge in [0.05, 0.1) is 12.8 Å². The van der Waals surface area contributed by atoms with Crippen LogP contribution in [0.15, 0.2) is 29.3 Å². The zero-order valence-electron chi connectivity index (χ0n) is 13.9. The Morgan fingerprint density at radius 1 is 1.38 bits per heavy atom. The first-order valence-electron chi connectivity index (χ1n) is 7.44. The molecule has 1 aliphatic rings. The molecule has 1 saturated heterocycles. The molecule has 0 aromatic heterocycles. The summed E-state index contributed by atoms with van der Waals surface area (Å²) in [6.45, 7) is 0.675. The molecule has 26 heavy (non-hydrogen) atoms. The maximum absolute atomic E-state index is 12.1. The van der Waals surface area contributed by atoms with Crippen LogP contribution < -0.4 is 15.8 Å². The summed E-state index contributed by atoms with van der Waals surface area (Å²) in [5.74, 6) is -0.298. The maximum Gasteiger partial charge on any atom is 0.573 e. The number of alkyl halides is 3. The van der Waals surface area contributed by atoms with Gasteiger partial charge in [0.15, 0.2) is 5.96 Å². The minimum Gasteiger partial charge on any atom is -0.406 e. The number of ether oxygens (including phenoxy) is 1. The van der Waals surface area contributed by atoms with E-state index in [1.807, 2.05) is 0 Å². The van der Waals surface area contributed by atoms with Gasteiger partial charge in [-0.1, -0.05) is 0 Å². The molecular formula is C14H20F3IN4O3S. The Labute approximate surface area is 166 Å². The van der Waals surface area contributed by atoms with E-state index in [-0.39, 0.29) is 48.3 Å². The highest BCUT2D eigenvalue weighted by Gasteiger charge is 2.31. The summed E-state index contributed by atoms with van der Waals surface area (Å²) < 4.78 is 64.7. The van der Waals surface area contributed by atoms with Crippen molar-refractivity contribution < 1.29 is 26.3 Å². The van der Waals surface area contributed by atoms with Gasteiger partial charge in [-0.15, -0.1) is 37.1 Å². The number of nitrogens with zero attached hydrogens (tertiary/aromatic N) is 2. The Hall–Kier alpha value is -1.28. The molecule has 1 aromatic rings. The van der Waals surface area contributed by atoms with Gasteiger partial charge in [0.25, 0.3) is 0 Å². The molecule has 0 unspecified atom stereocenters. The topological polar surface area (TPSA) is 97.0 Å². The second-order valence-electron chi connectivity index (χ2n) is 5.59. The first-order valence-corrected chi connectivity index (χ1v) is 9.29. The van der Waals surface area contributed by atoms with Gasteiger partial charge < -0.3 is 15.8 Å². The molecule has 12 heteroatoms. The lowest BCUT2D eigenvalue weighted by molar-refractivity contribution is -0.274. The second-order valence-corrected chi connectivity index (χ2v) is 7.53. The van der Waals surface area contributed by atoms with Crippen LogP contribution in [-0.2, 0) is 10.0 Å². The van der Waals surface area contributed by atoms with Crippen LogP contribution in [0.5, 0.6) is 5.75 Å². The summed E-state index contributed by atoms with van der Waals surface area (Å²) in [5.41, 5.74) is 6.17. The summed E-state index contributed by atoms with van der Waals surface area (Å²) in [5, 5.41) is 2.73. The van der Waals surface area contributed by atoms with Crippen LogP contribution in [0.4, 0.5) is 18.9 Å². The van der Waals surface area contributed by atoms with Crippen molar-refractivity contribution >= 4 is 45.6 Å². The molecule has 0 spiro atoms. The van der Waals surface area contributed by atoms with Crippen LogP contribution in [0.3, 0.4) is 0 Å². The molecule has 2 rings (SSSR count). The summed E-state index contributed by atoms with van der Waals surface area (Å²) in [6.07, 6.45) is -2.13. The summed E-state index contributed by atoms with van der Waals surface area (Å²) >= 11 is 0. The van der Waals surface area contributed by atoms with Crippen molar-refractivity contribution in [2.24, 2.45) is 10.7 Å². The van der Waals surface area contributed by atoms with E-state index in [4.69, 9.17) is 5.73 Å². The van der Waals surface area contributed by atoms with Crippen LogP contribution in [0.25, 0.3) is 0 Å². The van der Waals surface area contributed by atoms with Gasteiger partial charge in [0.2, 0.25) is 10.0 Å². The smallest absolute Gasteiger partial charge is 0.406 e. The second kappa shape index (κ2) is 9.08. The molecule has 0 saturated carbocycles. The monoisotopic (exact) mass is 508 g/mol. The Balaban J connectivity index is 0.00000338. The third-order valence-corrected chi connectivity index (χ3v) is 4.91. The Morgan fingerprint density at radius 3 is 2.54 bits per heavy atom. The number of nitrogens with two attached hydrogens (primary N) is 1. The minimum absolute atomic E-state index is 0. The number of aliphatic imine (C=N–C) groups is 1. The largest absolute Gasteiger partial charge is 0.573 e. The lowest BCUT2D eigenvalue weighted by Crippen LogP contribution is -2.37. The quantitative estimate of drug-likeness (QED) is 0.362. The van der Waals surface area contributed by atoms with E-state index in [0.29, 0.717) is 18.7 Å². The fourth-order valence-corrected chi connectivity index (χ4v) is 3.73. The molecule has 148 valence electrons. The fourth-order valence-electron chi connectivity index (χ4n) is 2.56. The van der Waals surface area contributed by atoms with Gasteiger partial charge in [-0.05, 0) is 37.1 Å². The van der Waals surface area contributed by atoms with Crippen LogP contribution >= 0.6 is 24.0 Å². The number of sulfonamides is 1. The third kappa shape index (κ3) is 7.15. The lowest BCUT2D eigenvalue weighted by atomic mass is 10.2. The minimum atomic E-state index is -4.75. The zero-order valence-corrected chi connectivity index (χ0v) is 17.0. The predicted octanol–water partition coefficient (Wildman–Crippen LogP) is 2.35. The summed E-state index contributed by atoms with van der Waals surface area (Å²) in [6, 6.07) is 4.78. The van der Waals surface area contributed by atoms with Gasteiger partial charge in [0.1, 0.15) is 5.75 Å². The number of hydrogen-bond acceptors (Lipinski definition) is 4. The van der Waals surface area contributed by atoms with Crippen molar-refractivity contribution in [3.8, 4) is 5.75 Å². The van der Waals surface area contributed by atoms with Crippen LogP contribution in [0, 0.1) is 0 Å². The molecule has 1 heterocycles. The Kier molecular flexibility index (Phi) is 7.95. The molecule has 1 fully saturated rings. The SMILES string of the molecule is CS(=O)(=O)N1CCC[C@@H]1CN=C(N)Nc1ccc(OC(F)(F)F)cc1.I. The molecule has 7 nitrogen and oxygen atoms in total. The number of hydrogen-bond donors (Lipinski definition) is 2. The van der Waals surface area contributed by atoms with Gasteiger partial charge in [-0.3, -0.25) is 4.99 Å². The predicted molar refractivity (Wildman–Crippen MR) is 103 cm³/mol. The molecule has 0 amide bonds. The van der Waals surface area contributed by atoms with Crippen molar-refractivity contribution in [1.82, 2.24) is 4.31 Å². The summed E-state index contributed by atoms with van der Waals surface area (Å²) in [7, 11) is -3.28. The maximum atomic E-state index is 12.1. The Morgan fingerprint density at radius 2 is 2.00 bits per heavy atom. The van der Waals surface area contributed by atoms with Gasteiger partial charge in [-0.2, -0.15) is 4.31 Å². The van der Waals surface area contributed by atoms with E-state index < -0.39 is 16.4 Å². The highest BCUT2D eigenvalue weighted by molar-refractivity contribution is 14.0. The molecule has 1 aromatic carbocycles. The zero-order chi connectivity index (χ0) is 18.7. The van der Waals surface area contributed by atoms with Crippen LogP contribution in [-0.4, -0.2) is 50.4 Å². The highest BCUT2D eigenvalue weighted by atomic mass is 127. The van der Waals surface area contributed by atoms with Crippen molar-refractivity contribution in [1.29, 1.82) is 0 Å². The first-order chi connectivity index (χ1) is 11.5. The van der Waals surface area contributed by atoms with E-state index in [1.165, 1.54) is 16.4 Å². The van der Waals surface area contributed by atoms with Crippen molar-refractivity contribution in [3.63, 3.8) is 0 Å². The number of benzene rings is 1. The number of anilines is 1. The van der Waals surface area contributed by atoms with Gasteiger partial charge >= 0.3 is 6.36 Å². The van der Waals surface area contributed by atoms with Crippen molar-refractivity contribution in [2.75, 3.05) is 24.7 Å². The normalized spacial score (nSPS) is 19.1. The van der Waals surface area contributed by atoms with E-state index in [1.54, 1.807) is 0 Å². The molecule has 1 aliphatic heterocycles. The lowest BCUT2D eigenvalue weighted by Gasteiger charge is -2.20. The van der Waals surface area contributed by atoms with Crippen molar-refractivity contribution in [3.05, 3.63) is 24.3 Å². The molecule has 0 radical (unpaired) electrons. The van der Waals surface area contributed by atoms with Crippen LogP contribution in [0.1, 0.15) is 12.8 Å². The number of halogens is 4. The summed E-state index contributed by atoms with van der Waals surface area (Å²) in [4.78, 5) is 4.11. The van der Waals surface area contributed by atoms with E-state index in [2.05, 4.69) is 15.0 Å². The fraction of sp³-hybridized carbons (Fsp3) is 0.500.